The minimum atomic E-state index is -3.96. The van der Waals surface area contributed by atoms with Crippen LogP contribution in [0.1, 0.15) is 22.6 Å². The second kappa shape index (κ2) is 13.4. The second-order valence-electron chi connectivity index (χ2n) is 12.0. The van der Waals surface area contributed by atoms with Gasteiger partial charge in [0.05, 0.1) is 0 Å². The fourth-order valence-corrected chi connectivity index (χ4v) is 12.6. The van der Waals surface area contributed by atoms with Gasteiger partial charge in [0.25, 0.3) is 0 Å². The normalized spacial score (nSPS) is 12.2. The van der Waals surface area contributed by atoms with Crippen LogP contribution in [-0.2, 0) is 0 Å². The van der Waals surface area contributed by atoms with Gasteiger partial charge < -0.3 is 0 Å². The number of ether oxygens (including phenoxy) is 1. The standard InChI is InChI=1S/C44H37O4P/c1-47-38-29-31-43(32-30-38)49(40-11-5-2-6-12-40,41-13-7-3-8-14-41,42-15-9-4-10-16-42)48-39-27-21-35(22-28-39)44(33-17-23-36(45)24-18-33)34-19-25-37(46)26-20-34/h2-32,44-46H,1H3. The quantitative estimate of drug-likeness (QED) is 0.114. The zero-order chi connectivity index (χ0) is 33.7. The average molecular weight is 661 g/mol. The van der Waals surface area contributed by atoms with Gasteiger partial charge in [0.1, 0.15) is 0 Å². The summed E-state index contributed by atoms with van der Waals surface area (Å²) in [7, 11) is 1.68. The van der Waals surface area contributed by atoms with E-state index in [0.29, 0.717) is 0 Å². The van der Waals surface area contributed by atoms with E-state index in [0.717, 1.165) is 49.4 Å². The number of rotatable bonds is 10. The van der Waals surface area contributed by atoms with E-state index in [1.165, 1.54) is 0 Å². The number of phenols is 2. The molecule has 0 unspecified atom stereocenters. The van der Waals surface area contributed by atoms with E-state index < -0.39 is 6.83 Å². The van der Waals surface area contributed by atoms with Crippen molar-refractivity contribution in [1.29, 1.82) is 0 Å². The third kappa shape index (κ3) is 5.61. The molecule has 0 heterocycles. The zero-order valence-electron chi connectivity index (χ0n) is 27.1. The van der Waals surface area contributed by atoms with Crippen molar-refractivity contribution in [3.8, 4) is 23.0 Å². The molecule has 0 fully saturated rings. The Morgan fingerprint density at radius 2 is 0.714 bits per heavy atom. The molecule has 5 heteroatoms. The van der Waals surface area contributed by atoms with E-state index in [-0.39, 0.29) is 17.4 Å². The number of phenolic OH excluding ortho intramolecular Hbond substituents is 2. The van der Waals surface area contributed by atoms with Crippen LogP contribution in [0.5, 0.6) is 23.0 Å². The molecule has 7 rings (SSSR count). The van der Waals surface area contributed by atoms with Crippen molar-refractivity contribution in [1.82, 2.24) is 0 Å². The molecule has 0 aliphatic rings. The fourth-order valence-electron chi connectivity index (χ4n) is 6.95. The number of methoxy groups -OCH3 is 1. The molecule has 7 aromatic rings. The van der Waals surface area contributed by atoms with Gasteiger partial charge in [0.2, 0.25) is 0 Å². The van der Waals surface area contributed by atoms with Crippen LogP contribution in [0, 0.1) is 0 Å². The molecule has 0 aromatic heterocycles. The molecule has 7 aromatic carbocycles. The van der Waals surface area contributed by atoms with Crippen LogP contribution in [0.2, 0.25) is 0 Å². The average Bonchev–Trinajstić information content (AvgIpc) is 3.17. The maximum absolute atomic E-state index is 10.0. The monoisotopic (exact) mass is 660 g/mol. The molecule has 0 saturated heterocycles. The second-order valence-corrected chi connectivity index (χ2v) is 16.3. The van der Waals surface area contributed by atoms with Gasteiger partial charge in [-0.3, -0.25) is 0 Å². The zero-order valence-corrected chi connectivity index (χ0v) is 28.0. The van der Waals surface area contributed by atoms with Crippen molar-refractivity contribution < 1.29 is 19.5 Å². The summed E-state index contributed by atoms with van der Waals surface area (Å²) in [5.41, 5.74) is 3.09. The molecule has 0 radical (unpaired) electrons. The summed E-state index contributed by atoms with van der Waals surface area (Å²) in [6, 6.07) is 62.9. The summed E-state index contributed by atoms with van der Waals surface area (Å²) in [4.78, 5) is 0. The van der Waals surface area contributed by atoms with Crippen LogP contribution in [0.4, 0.5) is 0 Å². The Hall–Kier alpha value is -5.83. The molecule has 0 spiro atoms. The summed E-state index contributed by atoms with van der Waals surface area (Å²) >= 11 is 0. The van der Waals surface area contributed by atoms with Gasteiger partial charge in [-0.05, 0) is 0 Å². The van der Waals surface area contributed by atoms with Crippen molar-refractivity contribution in [3.63, 3.8) is 0 Å². The molecule has 0 atom stereocenters. The molecule has 0 aliphatic carbocycles. The van der Waals surface area contributed by atoms with E-state index in [1.807, 2.05) is 54.6 Å². The number of hydrogen-bond acceptors (Lipinski definition) is 4. The third-order valence-electron chi connectivity index (χ3n) is 9.27. The maximum atomic E-state index is 10.0. The van der Waals surface area contributed by atoms with E-state index in [9.17, 15) is 10.2 Å². The third-order valence-corrected chi connectivity index (χ3v) is 15.0. The molecule has 0 aliphatic heterocycles. The summed E-state index contributed by atoms with van der Waals surface area (Å²) in [5, 5.41) is 24.3. The first-order valence-corrected chi connectivity index (χ1v) is 18.4. The molecule has 242 valence electrons. The van der Waals surface area contributed by atoms with Crippen molar-refractivity contribution in [2.75, 3.05) is 7.11 Å². The van der Waals surface area contributed by atoms with Gasteiger partial charge in [-0.1, -0.05) is 0 Å². The Balaban J connectivity index is 1.47. The van der Waals surface area contributed by atoms with Crippen LogP contribution in [0.25, 0.3) is 0 Å². The first-order valence-electron chi connectivity index (χ1n) is 16.2. The Labute approximate surface area is 287 Å². The molecule has 2 N–H and O–H groups in total. The van der Waals surface area contributed by atoms with Crippen molar-refractivity contribution >= 4 is 28.0 Å². The molecule has 0 saturated carbocycles. The molecule has 0 bridgehead atoms. The number of aromatic hydroxyl groups is 2. The topological polar surface area (TPSA) is 58.9 Å². The van der Waals surface area contributed by atoms with E-state index in [4.69, 9.17) is 9.26 Å². The number of benzene rings is 7. The van der Waals surface area contributed by atoms with Gasteiger partial charge in [0.15, 0.2) is 0 Å². The van der Waals surface area contributed by atoms with Gasteiger partial charge in [-0.2, -0.15) is 0 Å². The van der Waals surface area contributed by atoms with Gasteiger partial charge >= 0.3 is 288 Å². The predicted molar refractivity (Wildman–Crippen MR) is 202 cm³/mol. The van der Waals surface area contributed by atoms with Crippen molar-refractivity contribution in [3.05, 3.63) is 205 Å². The van der Waals surface area contributed by atoms with Crippen molar-refractivity contribution in [2.45, 2.75) is 5.92 Å². The van der Waals surface area contributed by atoms with Crippen LogP contribution < -0.4 is 30.5 Å². The Kier molecular flexibility index (Phi) is 8.65. The van der Waals surface area contributed by atoms with Gasteiger partial charge in [-0.15, -0.1) is 0 Å². The number of hydrogen-bond donors (Lipinski definition) is 2. The summed E-state index contributed by atoms with van der Waals surface area (Å²) in [6.45, 7) is -3.96. The Morgan fingerprint density at radius 3 is 1.08 bits per heavy atom. The van der Waals surface area contributed by atoms with E-state index in [1.54, 1.807) is 31.4 Å². The summed E-state index contributed by atoms with van der Waals surface area (Å²) < 4.78 is 13.4. The SMILES string of the molecule is COc1ccc(P(Oc2ccc(C(c3ccc(O)cc3)c3ccc(O)cc3)cc2)(c2ccccc2)(c2ccccc2)c2ccccc2)cc1. The molecular weight excluding hydrogens is 623 g/mol. The van der Waals surface area contributed by atoms with Crippen LogP contribution in [-0.4, -0.2) is 17.3 Å². The molecule has 49 heavy (non-hydrogen) atoms. The predicted octanol–water partition coefficient (Wildman–Crippen LogP) is 8.44. The molecule has 0 amide bonds. The summed E-state index contributed by atoms with van der Waals surface area (Å²) in [5.74, 6) is 1.79. The van der Waals surface area contributed by atoms with Gasteiger partial charge in [0, 0.05) is 0 Å². The van der Waals surface area contributed by atoms with Crippen LogP contribution in [0.15, 0.2) is 188 Å². The Morgan fingerprint density at radius 1 is 0.388 bits per heavy atom. The van der Waals surface area contributed by atoms with Crippen molar-refractivity contribution in [2.24, 2.45) is 0 Å². The Bertz CT molecular complexity index is 1970. The first kappa shape index (κ1) is 31.8. The first-order chi connectivity index (χ1) is 24.0. The minimum absolute atomic E-state index is 0.135. The van der Waals surface area contributed by atoms with Gasteiger partial charge in [-0.25, -0.2) is 0 Å². The van der Waals surface area contributed by atoms with E-state index in [2.05, 4.69) is 109 Å². The fraction of sp³-hybridized carbons (Fsp3) is 0.0455. The van der Waals surface area contributed by atoms with Crippen LogP contribution >= 0.6 is 6.83 Å². The van der Waals surface area contributed by atoms with E-state index >= 15 is 0 Å². The van der Waals surface area contributed by atoms with Crippen LogP contribution in [0.3, 0.4) is 0 Å². The molecular formula is C44H37O4P. The molecule has 4 nitrogen and oxygen atoms in total. The summed E-state index contributed by atoms with van der Waals surface area (Å²) in [6.07, 6.45) is 0.